The Morgan fingerprint density at radius 2 is 1.92 bits per heavy atom. The maximum absolute atomic E-state index is 11.8. The normalized spacial score (nSPS) is 15.3. The molecule has 1 aromatic heterocycles. The summed E-state index contributed by atoms with van der Waals surface area (Å²) in [6.45, 7) is 1.33. The van der Waals surface area contributed by atoms with Gasteiger partial charge in [0.25, 0.3) is 5.91 Å². The number of benzene rings is 1. The molecule has 1 aliphatic heterocycles. The minimum Gasteiger partial charge on any atom is -0.545 e. The van der Waals surface area contributed by atoms with E-state index in [9.17, 15) is 19.5 Å². The van der Waals surface area contributed by atoms with E-state index in [0.717, 1.165) is 11.8 Å². The highest BCUT2D eigenvalue weighted by Gasteiger charge is 2.23. The highest BCUT2D eigenvalue weighted by atomic mass is 32.2. The lowest BCUT2D eigenvalue weighted by molar-refractivity contribution is -0.255. The molecule has 1 aliphatic rings. The summed E-state index contributed by atoms with van der Waals surface area (Å²) in [6, 6.07) is 9.45. The standard InChI is InChI=1S/C17H12N2O5S/c1-9(20)18-17-19-15(21)14(25-17)8-12-6-7-13(24-12)10-2-4-11(5-3-10)16(22)23/h2-8H,1H3,(H,22,23)(H,18,19,20,21)/p-1/b14-8-. The molecule has 0 spiro atoms. The Morgan fingerprint density at radius 3 is 2.56 bits per heavy atom. The van der Waals surface area contributed by atoms with Gasteiger partial charge in [-0.1, -0.05) is 24.3 Å². The first-order valence-corrected chi connectivity index (χ1v) is 7.96. The molecular weight excluding hydrogens is 344 g/mol. The molecule has 2 heterocycles. The van der Waals surface area contributed by atoms with Gasteiger partial charge in [-0.05, 0) is 29.5 Å². The number of carboxylic acids is 1. The van der Waals surface area contributed by atoms with Crippen LogP contribution in [-0.4, -0.2) is 23.0 Å². The van der Waals surface area contributed by atoms with Crippen molar-refractivity contribution in [1.29, 1.82) is 0 Å². The molecule has 0 aliphatic carbocycles. The maximum atomic E-state index is 11.8. The maximum Gasteiger partial charge on any atom is 0.286 e. The second-order valence-electron chi connectivity index (χ2n) is 5.08. The Balaban J connectivity index is 1.77. The molecule has 2 aromatic rings. The van der Waals surface area contributed by atoms with E-state index in [1.165, 1.54) is 25.1 Å². The summed E-state index contributed by atoms with van der Waals surface area (Å²) in [7, 11) is 0. The average Bonchev–Trinajstić information content (AvgIpc) is 3.14. The predicted molar refractivity (Wildman–Crippen MR) is 90.3 cm³/mol. The third kappa shape index (κ3) is 3.86. The summed E-state index contributed by atoms with van der Waals surface area (Å²) in [5.74, 6) is -1.04. The number of hydrogen-bond acceptors (Lipinski definition) is 6. The fourth-order valence-corrected chi connectivity index (χ4v) is 2.94. The largest absolute Gasteiger partial charge is 0.545 e. The second kappa shape index (κ2) is 6.78. The minimum atomic E-state index is -1.25. The molecule has 126 valence electrons. The number of aliphatic imine (C=N–C) groups is 1. The van der Waals surface area contributed by atoms with Gasteiger partial charge in [0, 0.05) is 18.6 Å². The lowest BCUT2D eigenvalue weighted by Gasteiger charge is -2.02. The summed E-state index contributed by atoms with van der Waals surface area (Å²) >= 11 is 1.05. The van der Waals surface area contributed by atoms with Crippen LogP contribution in [0.2, 0.25) is 0 Å². The zero-order valence-electron chi connectivity index (χ0n) is 12.9. The van der Waals surface area contributed by atoms with Gasteiger partial charge in [0.05, 0.1) is 10.9 Å². The van der Waals surface area contributed by atoms with E-state index in [0.29, 0.717) is 22.0 Å². The van der Waals surface area contributed by atoms with E-state index in [-0.39, 0.29) is 16.6 Å². The van der Waals surface area contributed by atoms with Crippen LogP contribution in [0, 0.1) is 0 Å². The molecule has 25 heavy (non-hydrogen) atoms. The van der Waals surface area contributed by atoms with Crippen LogP contribution < -0.4 is 10.4 Å². The van der Waals surface area contributed by atoms with Crippen LogP contribution >= 0.6 is 11.8 Å². The second-order valence-corrected chi connectivity index (χ2v) is 6.11. The summed E-state index contributed by atoms with van der Waals surface area (Å²) in [5, 5.41) is 13.4. The van der Waals surface area contributed by atoms with Crippen molar-refractivity contribution in [2.45, 2.75) is 6.92 Å². The third-order valence-electron chi connectivity index (χ3n) is 3.21. The first-order chi connectivity index (χ1) is 11.9. The first-order valence-electron chi connectivity index (χ1n) is 7.14. The number of aromatic carboxylic acids is 1. The molecule has 0 saturated carbocycles. The van der Waals surface area contributed by atoms with Crippen molar-refractivity contribution in [1.82, 2.24) is 5.32 Å². The predicted octanol–water partition coefficient (Wildman–Crippen LogP) is 1.42. The highest BCUT2D eigenvalue weighted by molar-refractivity contribution is 8.18. The summed E-state index contributed by atoms with van der Waals surface area (Å²) < 4.78 is 5.65. The number of hydrogen-bond donors (Lipinski definition) is 1. The Bertz CT molecular complexity index is 925. The van der Waals surface area contributed by atoms with Crippen LogP contribution in [0.3, 0.4) is 0 Å². The van der Waals surface area contributed by atoms with Gasteiger partial charge < -0.3 is 19.6 Å². The van der Waals surface area contributed by atoms with E-state index in [1.54, 1.807) is 24.3 Å². The van der Waals surface area contributed by atoms with Gasteiger partial charge in [-0.2, -0.15) is 4.99 Å². The summed E-state index contributed by atoms with van der Waals surface area (Å²) in [6.07, 6.45) is 1.53. The molecule has 7 nitrogen and oxygen atoms in total. The van der Waals surface area contributed by atoms with Crippen LogP contribution in [0.15, 0.2) is 50.7 Å². The number of carboxylic acid groups (broad SMARTS) is 1. The Kier molecular flexibility index (Phi) is 4.53. The number of carbonyl (C=O) groups is 3. The van der Waals surface area contributed by atoms with Crippen molar-refractivity contribution in [2.75, 3.05) is 0 Å². The number of amides is 2. The van der Waals surface area contributed by atoms with E-state index in [2.05, 4.69) is 10.3 Å². The molecule has 8 heteroatoms. The topological polar surface area (TPSA) is 112 Å². The monoisotopic (exact) mass is 355 g/mol. The van der Waals surface area contributed by atoms with Crippen LogP contribution in [0.25, 0.3) is 17.4 Å². The van der Waals surface area contributed by atoms with Gasteiger partial charge in [-0.3, -0.25) is 9.59 Å². The molecule has 0 fully saturated rings. The van der Waals surface area contributed by atoms with Crippen LogP contribution in [0.1, 0.15) is 23.0 Å². The summed E-state index contributed by atoms with van der Waals surface area (Å²) in [4.78, 5) is 37.6. The van der Waals surface area contributed by atoms with E-state index in [4.69, 9.17) is 4.42 Å². The number of thioether (sulfide) groups is 1. The molecule has 0 saturated heterocycles. The average molecular weight is 355 g/mol. The number of carbonyl (C=O) groups excluding carboxylic acids is 3. The number of rotatable bonds is 3. The third-order valence-corrected chi connectivity index (χ3v) is 4.11. The Morgan fingerprint density at radius 1 is 1.20 bits per heavy atom. The summed E-state index contributed by atoms with van der Waals surface area (Å²) in [5.41, 5.74) is 0.767. The van der Waals surface area contributed by atoms with Crippen molar-refractivity contribution in [2.24, 2.45) is 4.99 Å². The first kappa shape index (κ1) is 16.7. The van der Waals surface area contributed by atoms with E-state index < -0.39 is 11.9 Å². The van der Waals surface area contributed by atoms with Crippen LogP contribution in [-0.2, 0) is 9.59 Å². The van der Waals surface area contributed by atoms with Crippen LogP contribution in [0.4, 0.5) is 0 Å². The molecule has 0 radical (unpaired) electrons. The number of furan rings is 1. The highest BCUT2D eigenvalue weighted by Crippen LogP contribution is 2.29. The minimum absolute atomic E-state index is 0.0771. The zero-order valence-corrected chi connectivity index (χ0v) is 13.8. The molecule has 1 N–H and O–H groups in total. The van der Waals surface area contributed by atoms with Gasteiger partial charge in [-0.15, -0.1) is 0 Å². The molecule has 0 unspecified atom stereocenters. The fourth-order valence-electron chi connectivity index (χ4n) is 2.10. The van der Waals surface area contributed by atoms with Crippen molar-refractivity contribution in [3.63, 3.8) is 0 Å². The molecule has 0 atom stereocenters. The Labute approximate surface area is 146 Å². The van der Waals surface area contributed by atoms with Crippen molar-refractivity contribution >= 4 is 40.8 Å². The smallest absolute Gasteiger partial charge is 0.286 e. The molecule has 2 amide bonds. The lowest BCUT2D eigenvalue weighted by Crippen LogP contribution is -2.23. The van der Waals surface area contributed by atoms with Crippen molar-refractivity contribution < 1.29 is 23.9 Å². The SMILES string of the molecule is CC(=O)NC1=NC(=O)/C(=C/c2ccc(-c3ccc(C(=O)[O-])cc3)o2)S1. The van der Waals surface area contributed by atoms with Crippen molar-refractivity contribution in [3.05, 3.63) is 52.6 Å². The van der Waals surface area contributed by atoms with Gasteiger partial charge >= 0.3 is 0 Å². The Hall–Kier alpha value is -3.13. The van der Waals surface area contributed by atoms with E-state index in [1.807, 2.05) is 0 Å². The molecular formula is C17H11N2O5S-. The van der Waals surface area contributed by atoms with E-state index >= 15 is 0 Å². The number of nitrogens with zero attached hydrogens (tertiary/aromatic N) is 1. The lowest BCUT2D eigenvalue weighted by atomic mass is 10.1. The van der Waals surface area contributed by atoms with Gasteiger partial charge in [0.15, 0.2) is 5.17 Å². The number of nitrogens with one attached hydrogen (secondary N) is 1. The zero-order chi connectivity index (χ0) is 18.0. The van der Waals surface area contributed by atoms with Gasteiger partial charge in [0.2, 0.25) is 5.91 Å². The van der Waals surface area contributed by atoms with Gasteiger partial charge in [0.1, 0.15) is 11.5 Å². The van der Waals surface area contributed by atoms with Gasteiger partial charge in [-0.25, -0.2) is 0 Å². The molecule has 3 rings (SSSR count). The molecule has 1 aromatic carbocycles. The fraction of sp³-hybridized carbons (Fsp3) is 0.0588. The quantitative estimate of drug-likeness (QED) is 0.833. The van der Waals surface area contributed by atoms with Crippen molar-refractivity contribution in [3.8, 4) is 11.3 Å². The number of amidine groups is 1. The van der Waals surface area contributed by atoms with Crippen LogP contribution in [0.5, 0.6) is 0 Å². The molecule has 0 bridgehead atoms.